The van der Waals surface area contributed by atoms with Gasteiger partial charge in [-0.05, 0) is 24.9 Å². The average Bonchev–Trinajstić information content (AvgIpc) is 1.69. The molecule has 0 amide bonds. The van der Waals surface area contributed by atoms with Crippen LogP contribution < -0.4 is 0 Å². The molecule has 1 saturated heterocycles. The SMILES string of the molecule is BrC1CCCSO1. The molecule has 1 rings (SSSR count). The lowest BCUT2D eigenvalue weighted by Gasteiger charge is -2.13. The third kappa shape index (κ3) is 2.02. The van der Waals surface area contributed by atoms with Crippen LogP contribution in [-0.2, 0) is 4.18 Å². The van der Waals surface area contributed by atoms with E-state index in [0.717, 1.165) is 12.2 Å². The van der Waals surface area contributed by atoms with E-state index in [9.17, 15) is 0 Å². The summed E-state index contributed by atoms with van der Waals surface area (Å²) in [7, 11) is 0. The Morgan fingerprint density at radius 1 is 1.71 bits per heavy atom. The molecule has 1 heterocycles. The Hall–Kier alpha value is 0.790. The second-order valence-corrected chi connectivity index (χ2v) is 3.33. The van der Waals surface area contributed by atoms with Crippen molar-refractivity contribution in [1.29, 1.82) is 0 Å². The van der Waals surface area contributed by atoms with Crippen LogP contribution in [0.15, 0.2) is 0 Å². The van der Waals surface area contributed by atoms with Crippen LogP contribution >= 0.6 is 28.0 Å². The van der Waals surface area contributed by atoms with E-state index in [4.69, 9.17) is 4.18 Å². The van der Waals surface area contributed by atoms with Gasteiger partial charge in [0.15, 0.2) is 0 Å². The Bertz CT molecular complexity index is 53.7. The maximum absolute atomic E-state index is 5.11. The Morgan fingerprint density at radius 2 is 2.57 bits per heavy atom. The van der Waals surface area contributed by atoms with Gasteiger partial charge in [0.2, 0.25) is 0 Å². The fraction of sp³-hybridized carbons (Fsp3) is 1.00. The molecule has 0 spiro atoms. The average molecular weight is 183 g/mol. The minimum atomic E-state index is 0.311. The summed E-state index contributed by atoms with van der Waals surface area (Å²) in [6.07, 6.45) is 2.44. The van der Waals surface area contributed by atoms with Gasteiger partial charge in [-0.25, -0.2) is 0 Å². The summed E-state index contributed by atoms with van der Waals surface area (Å²) in [5, 5.41) is 0.311. The molecule has 1 unspecified atom stereocenters. The van der Waals surface area contributed by atoms with Gasteiger partial charge >= 0.3 is 0 Å². The number of hydrogen-bond donors (Lipinski definition) is 0. The van der Waals surface area contributed by atoms with Gasteiger partial charge < -0.3 is 4.18 Å². The zero-order valence-electron chi connectivity index (χ0n) is 3.89. The van der Waals surface area contributed by atoms with Crippen molar-refractivity contribution in [3.05, 3.63) is 0 Å². The number of halogens is 1. The predicted octanol–water partition coefficient (Wildman–Crippen LogP) is 2.17. The maximum atomic E-state index is 5.11. The predicted molar refractivity (Wildman–Crippen MR) is 35.5 cm³/mol. The highest BCUT2D eigenvalue weighted by atomic mass is 79.9. The smallest absolute Gasteiger partial charge is 0.127 e. The van der Waals surface area contributed by atoms with Crippen LogP contribution in [0.4, 0.5) is 0 Å². The number of hydrogen-bond acceptors (Lipinski definition) is 2. The lowest BCUT2D eigenvalue weighted by atomic mass is 10.4. The van der Waals surface area contributed by atoms with Gasteiger partial charge in [-0.15, -0.1) is 0 Å². The molecule has 0 bridgehead atoms. The highest BCUT2D eigenvalue weighted by Crippen LogP contribution is 2.23. The second kappa shape index (κ2) is 2.95. The highest BCUT2D eigenvalue weighted by molar-refractivity contribution is 9.09. The number of alkyl halides is 1. The second-order valence-electron chi connectivity index (χ2n) is 1.47. The molecule has 1 aliphatic heterocycles. The van der Waals surface area contributed by atoms with Gasteiger partial charge in [0.05, 0.1) is 0 Å². The molecule has 1 aliphatic rings. The molecule has 1 fully saturated rings. The van der Waals surface area contributed by atoms with E-state index in [1.54, 1.807) is 12.0 Å². The Balaban J connectivity index is 2.12. The first-order valence-electron chi connectivity index (χ1n) is 2.32. The highest BCUT2D eigenvalue weighted by Gasteiger charge is 2.08. The van der Waals surface area contributed by atoms with Crippen LogP contribution in [-0.4, -0.2) is 10.8 Å². The minimum Gasteiger partial charge on any atom is -0.301 e. The summed E-state index contributed by atoms with van der Waals surface area (Å²) in [5.74, 6) is 1.15. The fourth-order valence-corrected chi connectivity index (χ4v) is 1.74. The maximum Gasteiger partial charge on any atom is 0.127 e. The van der Waals surface area contributed by atoms with E-state index < -0.39 is 0 Å². The largest absolute Gasteiger partial charge is 0.301 e. The van der Waals surface area contributed by atoms with Crippen molar-refractivity contribution in [1.82, 2.24) is 0 Å². The summed E-state index contributed by atoms with van der Waals surface area (Å²) in [4.78, 5) is 0. The molecule has 1 nitrogen and oxygen atoms in total. The van der Waals surface area contributed by atoms with Crippen LogP contribution in [0.3, 0.4) is 0 Å². The number of rotatable bonds is 0. The summed E-state index contributed by atoms with van der Waals surface area (Å²) < 4.78 is 5.11. The van der Waals surface area contributed by atoms with Crippen LogP contribution in [0.1, 0.15) is 12.8 Å². The summed E-state index contributed by atoms with van der Waals surface area (Å²) >= 11 is 4.90. The molecule has 0 radical (unpaired) electrons. The van der Waals surface area contributed by atoms with Gasteiger partial charge in [0.1, 0.15) is 5.01 Å². The molecule has 0 N–H and O–H groups in total. The van der Waals surface area contributed by atoms with Crippen LogP contribution in [0, 0.1) is 0 Å². The molecule has 42 valence electrons. The van der Waals surface area contributed by atoms with Gasteiger partial charge in [-0.2, -0.15) is 0 Å². The molecule has 0 aromatic heterocycles. The van der Waals surface area contributed by atoms with Crippen molar-refractivity contribution in [2.75, 3.05) is 5.75 Å². The molecular formula is C4H7BrOS. The summed E-state index contributed by atoms with van der Waals surface area (Å²) in [5.41, 5.74) is 0. The minimum absolute atomic E-state index is 0.311. The van der Waals surface area contributed by atoms with Crippen molar-refractivity contribution in [2.24, 2.45) is 0 Å². The van der Waals surface area contributed by atoms with E-state index in [-0.39, 0.29) is 0 Å². The molecule has 3 heteroatoms. The van der Waals surface area contributed by atoms with E-state index >= 15 is 0 Å². The van der Waals surface area contributed by atoms with Crippen LogP contribution in [0.2, 0.25) is 0 Å². The lowest BCUT2D eigenvalue weighted by Crippen LogP contribution is -2.05. The van der Waals surface area contributed by atoms with E-state index in [0.29, 0.717) is 5.01 Å². The van der Waals surface area contributed by atoms with Crippen molar-refractivity contribution >= 4 is 28.0 Å². The summed E-state index contributed by atoms with van der Waals surface area (Å²) in [6, 6.07) is 0. The topological polar surface area (TPSA) is 9.23 Å². The molecule has 0 aliphatic carbocycles. The van der Waals surface area contributed by atoms with Gasteiger partial charge in [-0.3, -0.25) is 0 Å². The van der Waals surface area contributed by atoms with Gasteiger partial charge in [0, 0.05) is 5.75 Å². The third-order valence-electron chi connectivity index (χ3n) is 0.831. The monoisotopic (exact) mass is 182 g/mol. The standard InChI is InChI=1S/C4H7BrOS/c5-4-2-1-3-7-6-4/h4H,1-3H2. The molecule has 0 aromatic rings. The van der Waals surface area contributed by atoms with Crippen molar-refractivity contribution in [3.8, 4) is 0 Å². The first-order chi connectivity index (χ1) is 3.39. The van der Waals surface area contributed by atoms with Gasteiger partial charge in [0.25, 0.3) is 0 Å². The first kappa shape index (κ1) is 5.92. The fourth-order valence-electron chi connectivity index (χ4n) is 0.473. The van der Waals surface area contributed by atoms with Gasteiger partial charge in [-0.1, -0.05) is 15.9 Å². The molecule has 0 saturated carbocycles. The van der Waals surface area contributed by atoms with Crippen LogP contribution in [0.5, 0.6) is 0 Å². The van der Waals surface area contributed by atoms with Crippen molar-refractivity contribution in [2.45, 2.75) is 17.9 Å². The first-order valence-corrected chi connectivity index (χ1v) is 4.14. The molecular weight excluding hydrogens is 176 g/mol. The van der Waals surface area contributed by atoms with E-state index in [1.807, 2.05) is 0 Å². The lowest BCUT2D eigenvalue weighted by molar-refractivity contribution is 0.317. The molecule has 0 aromatic carbocycles. The van der Waals surface area contributed by atoms with E-state index in [2.05, 4.69) is 15.9 Å². The van der Waals surface area contributed by atoms with Crippen molar-refractivity contribution < 1.29 is 4.18 Å². The quantitative estimate of drug-likeness (QED) is 0.420. The Kier molecular flexibility index (Phi) is 2.49. The van der Waals surface area contributed by atoms with Crippen LogP contribution in [0.25, 0.3) is 0 Å². The molecule has 7 heavy (non-hydrogen) atoms. The third-order valence-corrected chi connectivity index (χ3v) is 2.55. The van der Waals surface area contributed by atoms with E-state index in [1.165, 1.54) is 6.42 Å². The zero-order valence-corrected chi connectivity index (χ0v) is 6.30. The Labute approximate surface area is 56.1 Å². The zero-order chi connectivity index (χ0) is 5.11. The molecule has 1 atom stereocenters. The van der Waals surface area contributed by atoms with Crippen molar-refractivity contribution in [3.63, 3.8) is 0 Å². The normalized spacial score (nSPS) is 33.0. The Morgan fingerprint density at radius 3 is 2.86 bits per heavy atom. The summed E-state index contributed by atoms with van der Waals surface area (Å²) in [6.45, 7) is 0.